The van der Waals surface area contributed by atoms with Crippen LogP contribution in [0.15, 0.2) is 54.6 Å². The Morgan fingerprint density at radius 3 is 2.00 bits per heavy atom. The number of hydrogen-bond acceptors (Lipinski definition) is 3. The van der Waals surface area contributed by atoms with Gasteiger partial charge in [-0.3, -0.25) is 9.59 Å². The fraction of sp³-hybridized carbons (Fsp3) is 0.440. The normalized spacial score (nSPS) is 29.4. The van der Waals surface area contributed by atoms with E-state index in [-0.39, 0.29) is 18.3 Å². The molecule has 0 radical (unpaired) electrons. The van der Waals surface area contributed by atoms with Crippen LogP contribution in [0, 0.1) is 23.7 Å². The molecule has 2 aromatic carbocycles. The van der Waals surface area contributed by atoms with Crippen molar-refractivity contribution in [2.24, 2.45) is 23.7 Å². The van der Waals surface area contributed by atoms with E-state index < -0.39 is 0 Å². The number of carbonyl (C=O) groups is 2. The van der Waals surface area contributed by atoms with Crippen LogP contribution in [0.4, 0.5) is 0 Å². The molecule has 4 aliphatic rings. The lowest BCUT2D eigenvalue weighted by Crippen LogP contribution is -2.56. The van der Waals surface area contributed by atoms with E-state index >= 15 is 0 Å². The zero-order chi connectivity index (χ0) is 19.8. The lowest BCUT2D eigenvalue weighted by Gasteiger charge is -2.54. The van der Waals surface area contributed by atoms with E-state index in [1.54, 1.807) is 36.4 Å². The highest BCUT2D eigenvalue weighted by Crippen LogP contribution is 2.53. The zero-order valence-electron chi connectivity index (χ0n) is 16.6. The summed E-state index contributed by atoms with van der Waals surface area (Å²) in [5.41, 5.74) is 1.28. The van der Waals surface area contributed by atoms with E-state index in [0.29, 0.717) is 34.8 Å². The van der Waals surface area contributed by atoms with Crippen molar-refractivity contribution >= 4 is 11.7 Å². The molecule has 6 rings (SSSR count). The van der Waals surface area contributed by atoms with Gasteiger partial charge in [-0.15, -0.1) is 0 Å². The largest absolute Gasteiger partial charge is 0.484 e. The highest BCUT2D eigenvalue weighted by Gasteiger charge is 2.48. The minimum Gasteiger partial charge on any atom is -0.484 e. The van der Waals surface area contributed by atoms with Gasteiger partial charge >= 0.3 is 0 Å². The van der Waals surface area contributed by atoms with Gasteiger partial charge < -0.3 is 10.1 Å². The molecule has 4 aliphatic carbocycles. The van der Waals surface area contributed by atoms with Gasteiger partial charge in [0.15, 0.2) is 12.4 Å². The molecule has 4 bridgehead atoms. The van der Waals surface area contributed by atoms with Crippen LogP contribution >= 0.6 is 0 Å². The Morgan fingerprint density at radius 2 is 1.38 bits per heavy atom. The number of rotatable bonds is 6. The summed E-state index contributed by atoms with van der Waals surface area (Å²) in [6.45, 7) is 0.0226. The Balaban J connectivity index is 1.15. The van der Waals surface area contributed by atoms with Gasteiger partial charge in [0.05, 0.1) is 0 Å². The molecule has 29 heavy (non-hydrogen) atoms. The molecule has 0 heterocycles. The van der Waals surface area contributed by atoms with Gasteiger partial charge in [0, 0.05) is 17.2 Å². The van der Waals surface area contributed by atoms with Crippen molar-refractivity contribution in [2.75, 3.05) is 6.61 Å². The summed E-state index contributed by atoms with van der Waals surface area (Å²) in [6, 6.07) is 16.6. The molecule has 4 saturated carbocycles. The first-order chi connectivity index (χ1) is 14.2. The van der Waals surface area contributed by atoms with Crippen molar-refractivity contribution < 1.29 is 14.3 Å². The molecule has 0 saturated heterocycles. The number of amides is 1. The fourth-order valence-electron chi connectivity index (χ4n) is 6.00. The summed E-state index contributed by atoms with van der Waals surface area (Å²) in [4.78, 5) is 24.9. The van der Waals surface area contributed by atoms with Crippen molar-refractivity contribution in [1.82, 2.24) is 5.32 Å². The van der Waals surface area contributed by atoms with Crippen LogP contribution < -0.4 is 10.1 Å². The maximum Gasteiger partial charge on any atom is 0.258 e. The number of ketones is 1. The smallest absolute Gasteiger partial charge is 0.258 e. The van der Waals surface area contributed by atoms with E-state index in [0.717, 1.165) is 11.8 Å². The third kappa shape index (κ3) is 3.81. The molecular weight excluding hydrogens is 362 g/mol. The second-order valence-electron chi connectivity index (χ2n) is 9.03. The summed E-state index contributed by atoms with van der Waals surface area (Å²) in [5, 5.41) is 3.27. The third-order valence-electron chi connectivity index (χ3n) is 7.08. The van der Waals surface area contributed by atoms with Crippen LogP contribution in [0.2, 0.25) is 0 Å². The van der Waals surface area contributed by atoms with E-state index in [1.165, 1.54) is 32.1 Å². The average Bonchev–Trinajstić information content (AvgIpc) is 2.75. The molecule has 0 spiro atoms. The van der Waals surface area contributed by atoms with Crippen LogP contribution in [-0.2, 0) is 4.79 Å². The summed E-state index contributed by atoms with van der Waals surface area (Å²) in [6.07, 6.45) is 6.57. The zero-order valence-corrected chi connectivity index (χ0v) is 16.6. The molecule has 0 unspecified atom stereocenters. The standard InChI is InChI=1S/C25H27NO3/c27-23(26-24-20-11-16-10-17(13-20)14-21(24)12-16)15-29-22-8-6-19(7-9-22)25(28)18-4-2-1-3-5-18/h1-9,16-17,20-21,24H,10-15H2,(H,26,27). The maximum atomic E-state index is 12.5. The Bertz CT molecular complexity index is 862. The van der Waals surface area contributed by atoms with Gasteiger partial charge in [-0.25, -0.2) is 0 Å². The first-order valence-corrected chi connectivity index (χ1v) is 10.8. The molecule has 4 heteroatoms. The van der Waals surface area contributed by atoms with Gasteiger partial charge in [-0.1, -0.05) is 30.3 Å². The Labute approximate surface area is 171 Å². The van der Waals surface area contributed by atoms with Gasteiger partial charge in [0.1, 0.15) is 5.75 Å². The molecule has 4 nitrogen and oxygen atoms in total. The SMILES string of the molecule is O=C(COc1ccc(C(=O)c2ccccc2)cc1)NC1C2CC3CC(C2)CC1C3. The topological polar surface area (TPSA) is 55.4 Å². The Kier molecular flexibility index (Phi) is 4.86. The van der Waals surface area contributed by atoms with Gasteiger partial charge in [-0.2, -0.15) is 0 Å². The quantitative estimate of drug-likeness (QED) is 0.752. The highest BCUT2D eigenvalue weighted by atomic mass is 16.5. The second kappa shape index (κ2) is 7.66. The van der Waals surface area contributed by atoms with E-state index in [4.69, 9.17) is 4.74 Å². The molecule has 150 valence electrons. The number of nitrogens with one attached hydrogen (secondary N) is 1. The van der Waals surface area contributed by atoms with E-state index in [9.17, 15) is 9.59 Å². The lowest BCUT2D eigenvalue weighted by atomic mass is 9.54. The third-order valence-corrected chi connectivity index (χ3v) is 7.08. The van der Waals surface area contributed by atoms with Crippen molar-refractivity contribution in [2.45, 2.75) is 38.1 Å². The predicted molar refractivity (Wildman–Crippen MR) is 111 cm³/mol. The Hall–Kier alpha value is -2.62. The van der Waals surface area contributed by atoms with E-state index in [2.05, 4.69) is 5.32 Å². The van der Waals surface area contributed by atoms with Crippen LogP contribution in [0.3, 0.4) is 0 Å². The van der Waals surface area contributed by atoms with Gasteiger partial charge in [0.2, 0.25) is 0 Å². The van der Waals surface area contributed by atoms with Crippen molar-refractivity contribution in [1.29, 1.82) is 0 Å². The monoisotopic (exact) mass is 389 g/mol. The molecule has 2 aromatic rings. The minimum atomic E-state index is -0.0353. The second-order valence-corrected chi connectivity index (χ2v) is 9.03. The number of ether oxygens (including phenoxy) is 1. The van der Waals surface area contributed by atoms with Gasteiger partial charge in [0.25, 0.3) is 5.91 Å². The molecule has 0 aromatic heterocycles. The lowest BCUT2D eigenvalue weighted by molar-refractivity contribution is -0.127. The van der Waals surface area contributed by atoms with Crippen LogP contribution in [0.5, 0.6) is 5.75 Å². The molecule has 0 aliphatic heterocycles. The van der Waals surface area contributed by atoms with Crippen LogP contribution in [0.1, 0.15) is 48.0 Å². The highest BCUT2D eigenvalue weighted by molar-refractivity contribution is 6.08. The van der Waals surface area contributed by atoms with Crippen molar-refractivity contribution in [3.05, 3.63) is 65.7 Å². The molecule has 0 atom stereocenters. The fourth-order valence-corrected chi connectivity index (χ4v) is 6.00. The summed E-state index contributed by atoms with van der Waals surface area (Å²) in [7, 11) is 0. The number of benzene rings is 2. The van der Waals surface area contributed by atoms with Crippen molar-refractivity contribution in [3.8, 4) is 5.75 Å². The molecule has 1 N–H and O–H groups in total. The predicted octanol–water partition coefficient (Wildman–Crippen LogP) is 4.24. The minimum absolute atomic E-state index is 0.0169. The molecule has 1 amide bonds. The summed E-state index contributed by atoms with van der Waals surface area (Å²) < 4.78 is 5.68. The first-order valence-electron chi connectivity index (χ1n) is 10.8. The van der Waals surface area contributed by atoms with E-state index in [1.807, 2.05) is 18.2 Å². The van der Waals surface area contributed by atoms with Crippen molar-refractivity contribution in [3.63, 3.8) is 0 Å². The van der Waals surface area contributed by atoms with Crippen LogP contribution in [-0.4, -0.2) is 24.3 Å². The van der Waals surface area contributed by atoms with Crippen LogP contribution in [0.25, 0.3) is 0 Å². The average molecular weight is 389 g/mol. The molecular formula is C25H27NO3. The number of hydrogen-bond donors (Lipinski definition) is 1. The first kappa shape index (κ1) is 18.4. The number of carbonyl (C=O) groups excluding carboxylic acids is 2. The summed E-state index contributed by atoms with van der Waals surface area (Å²) >= 11 is 0. The Morgan fingerprint density at radius 1 is 0.793 bits per heavy atom. The molecule has 4 fully saturated rings. The van der Waals surface area contributed by atoms with Gasteiger partial charge in [-0.05, 0) is 80.0 Å². The summed E-state index contributed by atoms with van der Waals surface area (Å²) in [5.74, 6) is 3.69. The maximum absolute atomic E-state index is 12.5.